The van der Waals surface area contributed by atoms with Crippen LogP contribution in [0.4, 0.5) is 11.9 Å². The quantitative estimate of drug-likeness (QED) is 0.415. The summed E-state index contributed by atoms with van der Waals surface area (Å²) in [5.41, 5.74) is 2.41. The molecule has 2 aromatic heterocycles. The maximum Gasteiger partial charge on any atom is 0.283 e. The molecule has 0 amide bonds. The Bertz CT molecular complexity index is 1160. The van der Waals surface area contributed by atoms with Crippen LogP contribution in [0.25, 0.3) is 0 Å². The van der Waals surface area contributed by atoms with E-state index >= 15 is 0 Å². The number of rotatable bonds is 7. The molecule has 0 radical (unpaired) electrons. The number of carbonyl (C=O) groups excluding carboxylic acids is 1. The van der Waals surface area contributed by atoms with Crippen LogP contribution in [0.15, 0.2) is 73.1 Å². The highest BCUT2D eigenvalue weighted by molar-refractivity contribution is 6.30. The van der Waals surface area contributed by atoms with Gasteiger partial charge in [0.2, 0.25) is 11.9 Å². The molecule has 2 heterocycles. The summed E-state index contributed by atoms with van der Waals surface area (Å²) >= 11 is 11.9. The first-order valence-corrected chi connectivity index (χ1v) is 10.2. The number of nitrogens with one attached hydrogen (secondary N) is 2. The van der Waals surface area contributed by atoms with Gasteiger partial charge in [0.25, 0.3) is 5.91 Å². The number of nitrogens with zero attached hydrogens (tertiary/aromatic N) is 4. The van der Waals surface area contributed by atoms with Gasteiger partial charge in [0.1, 0.15) is 0 Å². The van der Waals surface area contributed by atoms with Crippen molar-refractivity contribution in [2.24, 2.45) is 0 Å². The fraction of sp³-hybridized carbons (Fsp3) is 0.0909. The van der Waals surface area contributed by atoms with Gasteiger partial charge in [0.05, 0.1) is 5.56 Å². The van der Waals surface area contributed by atoms with Gasteiger partial charge in [-0.1, -0.05) is 47.5 Å². The van der Waals surface area contributed by atoms with E-state index in [1.165, 1.54) is 10.9 Å². The van der Waals surface area contributed by atoms with Gasteiger partial charge < -0.3 is 10.6 Å². The van der Waals surface area contributed by atoms with Crippen LogP contribution in [0, 0.1) is 0 Å². The summed E-state index contributed by atoms with van der Waals surface area (Å²) in [7, 11) is 0. The summed E-state index contributed by atoms with van der Waals surface area (Å²) in [4.78, 5) is 21.4. The Hall–Kier alpha value is -3.42. The summed E-state index contributed by atoms with van der Waals surface area (Å²) < 4.78 is 1.23. The second-order valence-electron chi connectivity index (χ2n) is 6.68. The second kappa shape index (κ2) is 9.59. The van der Waals surface area contributed by atoms with Gasteiger partial charge in [-0.25, -0.2) is 0 Å². The van der Waals surface area contributed by atoms with Crippen LogP contribution in [0.2, 0.25) is 10.0 Å². The Labute approximate surface area is 189 Å². The highest BCUT2D eigenvalue weighted by Crippen LogP contribution is 2.16. The molecular formula is C22H18Cl2N6O. The van der Waals surface area contributed by atoms with Crippen molar-refractivity contribution >= 4 is 41.0 Å². The molecule has 0 atom stereocenters. The number of hydrogen-bond acceptors (Lipinski definition) is 6. The lowest BCUT2D eigenvalue weighted by molar-refractivity contribution is 0.0947. The average Bonchev–Trinajstić information content (AvgIpc) is 3.21. The maximum absolute atomic E-state index is 13.0. The molecule has 4 rings (SSSR count). The van der Waals surface area contributed by atoms with Gasteiger partial charge in [-0.3, -0.25) is 9.78 Å². The molecule has 0 aliphatic carbocycles. The minimum absolute atomic E-state index is 0.322. The predicted molar refractivity (Wildman–Crippen MR) is 122 cm³/mol. The molecule has 156 valence electrons. The fourth-order valence-electron chi connectivity index (χ4n) is 2.82. The van der Waals surface area contributed by atoms with Crippen molar-refractivity contribution in [3.05, 3.63) is 99.8 Å². The number of hydrogen-bond donors (Lipinski definition) is 2. The standard InChI is InChI=1S/C22H18Cl2N6O/c23-18-7-3-15(4-8-18)12-26-21-28-22(27-13-16-5-9-19(24)10-6-16)30(29-21)20(31)17-2-1-11-25-14-17/h1-11,14H,12-13H2,(H2,26,27,28,29). The molecule has 2 N–H and O–H groups in total. The molecule has 0 aliphatic rings. The summed E-state index contributed by atoms with van der Waals surface area (Å²) in [5.74, 6) is 0.312. The smallest absolute Gasteiger partial charge is 0.283 e. The first-order chi connectivity index (χ1) is 15.1. The van der Waals surface area contributed by atoms with Crippen molar-refractivity contribution in [1.29, 1.82) is 0 Å². The number of pyridine rings is 1. The number of halogens is 2. The third-order valence-electron chi connectivity index (χ3n) is 4.44. The molecule has 0 saturated heterocycles. The normalized spacial score (nSPS) is 10.6. The molecular weight excluding hydrogens is 435 g/mol. The lowest BCUT2D eigenvalue weighted by Gasteiger charge is -2.07. The van der Waals surface area contributed by atoms with Crippen LogP contribution in [-0.2, 0) is 13.1 Å². The van der Waals surface area contributed by atoms with Gasteiger partial charge in [-0.2, -0.15) is 9.67 Å². The van der Waals surface area contributed by atoms with Crippen molar-refractivity contribution in [2.75, 3.05) is 10.6 Å². The van der Waals surface area contributed by atoms with E-state index < -0.39 is 0 Å². The lowest BCUT2D eigenvalue weighted by atomic mass is 10.2. The zero-order valence-corrected chi connectivity index (χ0v) is 17.8. The third kappa shape index (κ3) is 5.39. The Morgan fingerprint density at radius 1 is 0.871 bits per heavy atom. The zero-order valence-electron chi connectivity index (χ0n) is 16.3. The van der Waals surface area contributed by atoms with Gasteiger partial charge in [-0.05, 0) is 47.5 Å². The van der Waals surface area contributed by atoms with Gasteiger partial charge in [0.15, 0.2) is 0 Å². The minimum atomic E-state index is -0.334. The predicted octanol–water partition coefficient (Wildman–Crippen LogP) is 4.89. The Kier molecular flexibility index (Phi) is 6.45. The Morgan fingerprint density at radius 3 is 2.06 bits per heavy atom. The second-order valence-corrected chi connectivity index (χ2v) is 7.55. The molecule has 0 bridgehead atoms. The maximum atomic E-state index is 13.0. The molecule has 0 spiro atoms. The highest BCUT2D eigenvalue weighted by Gasteiger charge is 2.18. The topological polar surface area (TPSA) is 84.7 Å². The molecule has 2 aromatic carbocycles. The van der Waals surface area contributed by atoms with Crippen LogP contribution >= 0.6 is 23.2 Å². The number of anilines is 2. The minimum Gasteiger partial charge on any atom is -0.350 e. The van der Waals surface area contributed by atoms with E-state index in [-0.39, 0.29) is 5.91 Å². The molecule has 0 saturated carbocycles. The zero-order chi connectivity index (χ0) is 21.6. The van der Waals surface area contributed by atoms with E-state index in [9.17, 15) is 4.79 Å². The van der Waals surface area contributed by atoms with Crippen molar-refractivity contribution in [3.8, 4) is 0 Å². The van der Waals surface area contributed by atoms with Gasteiger partial charge in [0, 0.05) is 35.5 Å². The van der Waals surface area contributed by atoms with Crippen molar-refractivity contribution in [2.45, 2.75) is 13.1 Å². The molecule has 9 heteroatoms. The summed E-state index contributed by atoms with van der Waals surface area (Å²) in [5, 5.41) is 12.0. The molecule has 0 fully saturated rings. The Morgan fingerprint density at radius 2 is 1.48 bits per heavy atom. The monoisotopic (exact) mass is 452 g/mol. The van der Waals surface area contributed by atoms with E-state index in [1.54, 1.807) is 18.3 Å². The van der Waals surface area contributed by atoms with Crippen molar-refractivity contribution < 1.29 is 4.79 Å². The number of benzene rings is 2. The highest BCUT2D eigenvalue weighted by atomic mass is 35.5. The van der Waals surface area contributed by atoms with Crippen LogP contribution < -0.4 is 10.6 Å². The van der Waals surface area contributed by atoms with Crippen LogP contribution in [-0.4, -0.2) is 25.7 Å². The van der Waals surface area contributed by atoms with Crippen molar-refractivity contribution in [1.82, 2.24) is 19.7 Å². The molecule has 7 nitrogen and oxygen atoms in total. The largest absolute Gasteiger partial charge is 0.350 e. The van der Waals surface area contributed by atoms with E-state index in [2.05, 4.69) is 25.7 Å². The lowest BCUT2D eigenvalue weighted by Crippen LogP contribution is -2.17. The van der Waals surface area contributed by atoms with Gasteiger partial charge in [-0.15, -0.1) is 5.10 Å². The van der Waals surface area contributed by atoms with Crippen molar-refractivity contribution in [3.63, 3.8) is 0 Å². The first-order valence-electron chi connectivity index (χ1n) is 9.47. The summed E-state index contributed by atoms with van der Waals surface area (Å²) in [6, 6.07) is 18.3. The number of aromatic nitrogens is 4. The molecule has 4 aromatic rings. The van der Waals surface area contributed by atoms with Crippen LogP contribution in [0.3, 0.4) is 0 Å². The summed E-state index contributed by atoms with van der Waals surface area (Å²) in [6.45, 7) is 0.936. The van der Waals surface area contributed by atoms with E-state index in [1.807, 2.05) is 48.5 Å². The SMILES string of the molecule is O=C(c1cccnc1)n1nc(NCc2ccc(Cl)cc2)nc1NCc1ccc(Cl)cc1. The molecule has 0 aliphatic heterocycles. The van der Waals surface area contributed by atoms with Crippen LogP contribution in [0.1, 0.15) is 21.5 Å². The fourth-order valence-corrected chi connectivity index (χ4v) is 3.07. The molecule has 31 heavy (non-hydrogen) atoms. The van der Waals surface area contributed by atoms with E-state index in [4.69, 9.17) is 23.2 Å². The first kappa shape index (κ1) is 20.8. The summed E-state index contributed by atoms with van der Waals surface area (Å²) in [6.07, 6.45) is 3.10. The van der Waals surface area contributed by atoms with E-state index in [0.717, 1.165) is 11.1 Å². The van der Waals surface area contributed by atoms with Gasteiger partial charge >= 0.3 is 0 Å². The third-order valence-corrected chi connectivity index (χ3v) is 4.94. The Balaban J connectivity index is 1.55. The molecule has 0 unspecified atom stereocenters. The average molecular weight is 453 g/mol. The number of carbonyl (C=O) groups is 1. The van der Waals surface area contributed by atoms with Crippen LogP contribution in [0.5, 0.6) is 0 Å². The van der Waals surface area contributed by atoms with E-state index in [0.29, 0.717) is 40.6 Å².